The van der Waals surface area contributed by atoms with Gasteiger partial charge in [0.05, 0.1) is 11.2 Å². The van der Waals surface area contributed by atoms with Gasteiger partial charge in [-0.05, 0) is 40.5 Å². The number of unbranched alkanes of at least 4 members (excludes halogenated alkanes) is 8. The Kier molecular flexibility index (Phi) is 11.5. The van der Waals surface area contributed by atoms with Crippen molar-refractivity contribution in [1.29, 1.82) is 0 Å². The number of hydrogen-bond acceptors (Lipinski definition) is 1. The summed E-state index contributed by atoms with van der Waals surface area (Å²) in [5.41, 5.74) is 0.0538. The van der Waals surface area contributed by atoms with E-state index in [-0.39, 0.29) is 11.2 Å². The molecule has 0 saturated carbocycles. The summed E-state index contributed by atoms with van der Waals surface area (Å²) >= 11 is 0. The fourth-order valence-corrected chi connectivity index (χ4v) is 3.16. The van der Waals surface area contributed by atoms with Crippen LogP contribution in [-0.4, -0.2) is 11.2 Å². The van der Waals surface area contributed by atoms with Gasteiger partial charge in [-0.2, -0.15) is 0 Å². The van der Waals surface area contributed by atoms with E-state index in [1.54, 1.807) is 0 Å². The van der Waals surface area contributed by atoms with E-state index in [0.717, 1.165) is 0 Å². The van der Waals surface area contributed by atoms with Gasteiger partial charge >= 0.3 is 0 Å². The molecule has 0 fully saturated rings. The normalized spacial score (nSPS) is 12.9. The van der Waals surface area contributed by atoms with Crippen LogP contribution in [0.15, 0.2) is 0 Å². The molecule has 0 aliphatic carbocycles. The Morgan fingerprint density at radius 3 is 1.19 bits per heavy atom. The third kappa shape index (κ3) is 13.4. The zero-order valence-corrected chi connectivity index (χ0v) is 15.9. The maximum Gasteiger partial charge on any atom is 0.0633 e. The van der Waals surface area contributed by atoms with Crippen LogP contribution >= 0.6 is 0 Å². The van der Waals surface area contributed by atoms with E-state index < -0.39 is 0 Å². The molecule has 0 aliphatic heterocycles. The molecule has 0 saturated heterocycles. The third-order valence-corrected chi connectivity index (χ3v) is 4.32. The molecular formula is C20H42O. The topological polar surface area (TPSA) is 9.23 Å². The van der Waals surface area contributed by atoms with Crippen LogP contribution in [0.2, 0.25) is 0 Å². The average Bonchev–Trinajstić information content (AvgIpc) is 2.36. The second-order valence-electron chi connectivity index (χ2n) is 7.95. The molecule has 0 aromatic heterocycles. The second-order valence-corrected chi connectivity index (χ2v) is 7.95. The molecule has 0 N–H and O–H groups in total. The van der Waals surface area contributed by atoms with Gasteiger partial charge in [0.2, 0.25) is 0 Å². The highest BCUT2D eigenvalue weighted by Crippen LogP contribution is 2.29. The summed E-state index contributed by atoms with van der Waals surface area (Å²) in [7, 11) is 0. The minimum absolute atomic E-state index is 0.0269. The molecule has 0 aliphatic rings. The fraction of sp³-hybridized carbons (Fsp3) is 1.00. The molecule has 1 heteroatoms. The lowest BCUT2D eigenvalue weighted by molar-refractivity contribution is -0.130. The van der Waals surface area contributed by atoms with Crippen molar-refractivity contribution in [3.05, 3.63) is 0 Å². The first-order chi connectivity index (χ1) is 9.83. The van der Waals surface area contributed by atoms with Crippen molar-refractivity contribution in [2.24, 2.45) is 0 Å². The molecule has 0 spiro atoms. The minimum Gasteiger partial charge on any atom is -0.370 e. The van der Waals surface area contributed by atoms with Gasteiger partial charge in [0.1, 0.15) is 0 Å². The van der Waals surface area contributed by atoms with E-state index in [2.05, 4.69) is 41.5 Å². The van der Waals surface area contributed by atoms with Gasteiger partial charge in [-0.1, -0.05) is 78.1 Å². The summed E-state index contributed by atoms with van der Waals surface area (Å²) in [6, 6.07) is 0. The number of ether oxygens (including phenoxy) is 1. The zero-order chi connectivity index (χ0) is 16.2. The van der Waals surface area contributed by atoms with Crippen LogP contribution in [0.25, 0.3) is 0 Å². The van der Waals surface area contributed by atoms with E-state index >= 15 is 0 Å². The highest BCUT2D eigenvalue weighted by Gasteiger charge is 2.28. The van der Waals surface area contributed by atoms with Gasteiger partial charge in [0.15, 0.2) is 0 Å². The van der Waals surface area contributed by atoms with Gasteiger partial charge in [0, 0.05) is 0 Å². The number of rotatable bonds is 14. The van der Waals surface area contributed by atoms with Crippen molar-refractivity contribution < 1.29 is 4.74 Å². The van der Waals surface area contributed by atoms with Crippen molar-refractivity contribution >= 4 is 0 Å². The van der Waals surface area contributed by atoms with Crippen LogP contribution in [0, 0.1) is 0 Å². The van der Waals surface area contributed by atoms with Crippen molar-refractivity contribution in [3.8, 4) is 0 Å². The predicted molar refractivity (Wildman–Crippen MR) is 96.0 cm³/mol. The molecule has 0 aromatic carbocycles. The highest BCUT2D eigenvalue weighted by atomic mass is 16.5. The molecule has 21 heavy (non-hydrogen) atoms. The molecule has 1 nitrogen and oxygen atoms in total. The monoisotopic (exact) mass is 298 g/mol. The van der Waals surface area contributed by atoms with E-state index in [1.165, 1.54) is 77.0 Å². The Balaban J connectivity index is 3.87. The van der Waals surface area contributed by atoms with Gasteiger partial charge in [0.25, 0.3) is 0 Å². The lowest BCUT2D eigenvalue weighted by Crippen LogP contribution is -2.37. The lowest BCUT2D eigenvalue weighted by Gasteiger charge is -2.36. The van der Waals surface area contributed by atoms with E-state index in [1.807, 2.05) is 0 Å². The van der Waals surface area contributed by atoms with Gasteiger partial charge in [-0.3, -0.25) is 0 Å². The van der Waals surface area contributed by atoms with Crippen LogP contribution in [0.4, 0.5) is 0 Å². The van der Waals surface area contributed by atoms with E-state index in [4.69, 9.17) is 4.74 Å². The summed E-state index contributed by atoms with van der Waals surface area (Å²) in [5, 5.41) is 0. The number of hydrogen-bond donors (Lipinski definition) is 0. The Bertz CT molecular complexity index is 206. The molecule has 0 aromatic rings. The average molecular weight is 299 g/mol. The van der Waals surface area contributed by atoms with E-state index in [0.29, 0.717) is 0 Å². The molecule has 0 bridgehead atoms. The van der Waals surface area contributed by atoms with E-state index in [9.17, 15) is 0 Å². The lowest BCUT2D eigenvalue weighted by atomic mass is 9.95. The molecule has 128 valence electrons. The summed E-state index contributed by atoms with van der Waals surface area (Å²) in [4.78, 5) is 0. The first-order valence-electron chi connectivity index (χ1n) is 9.53. The van der Waals surface area contributed by atoms with Crippen LogP contribution in [0.5, 0.6) is 0 Å². The molecule has 0 atom stereocenters. The molecule has 0 rings (SSSR count). The third-order valence-electron chi connectivity index (χ3n) is 4.32. The molecule has 0 unspecified atom stereocenters. The quantitative estimate of drug-likeness (QED) is 0.306. The zero-order valence-electron chi connectivity index (χ0n) is 15.9. The molecule has 0 radical (unpaired) electrons. The Hall–Kier alpha value is -0.0400. The Labute approximate surface area is 135 Å². The largest absolute Gasteiger partial charge is 0.370 e. The van der Waals surface area contributed by atoms with Gasteiger partial charge in [-0.25, -0.2) is 0 Å². The Morgan fingerprint density at radius 2 is 0.857 bits per heavy atom. The van der Waals surface area contributed by atoms with Crippen molar-refractivity contribution in [3.63, 3.8) is 0 Å². The smallest absolute Gasteiger partial charge is 0.0633 e. The van der Waals surface area contributed by atoms with Crippen molar-refractivity contribution in [2.75, 3.05) is 0 Å². The van der Waals surface area contributed by atoms with Crippen LogP contribution < -0.4 is 0 Å². The second kappa shape index (κ2) is 11.5. The standard InChI is InChI=1S/C20H42O/c1-7-9-11-13-15-17-19(3,4)21-20(5,6)18-16-14-12-10-8-2/h7-18H2,1-6H3. The van der Waals surface area contributed by atoms with Crippen LogP contribution in [-0.2, 0) is 4.74 Å². The highest BCUT2D eigenvalue weighted by molar-refractivity contribution is 4.77. The summed E-state index contributed by atoms with van der Waals surface area (Å²) in [6.07, 6.45) is 15.9. The first-order valence-corrected chi connectivity index (χ1v) is 9.53. The SMILES string of the molecule is CCCCCCCC(C)(C)OC(C)(C)CCCCCCC. The maximum atomic E-state index is 6.44. The van der Waals surface area contributed by atoms with Crippen molar-refractivity contribution in [2.45, 2.75) is 130 Å². The Morgan fingerprint density at radius 1 is 0.524 bits per heavy atom. The summed E-state index contributed by atoms with van der Waals surface area (Å²) < 4.78 is 6.44. The first kappa shape index (κ1) is 21.0. The minimum atomic E-state index is 0.0269. The summed E-state index contributed by atoms with van der Waals surface area (Å²) in [6.45, 7) is 13.6. The van der Waals surface area contributed by atoms with Gasteiger partial charge in [-0.15, -0.1) is 0 Å². The molecule has 0 amide bonds. The van der Waals surface area contributed by atoms with Crippen LogP contribution in [0.3, 0.4) is 0 Å². The fourth-order valence-electron chi connectivity index (χ4n) is 3.16. The molecular weight excluding hydrogens is 256 g/mol. The molecule has 0 heterocycles. The van der Waals surface area contributed by atoms with Crippen molar-refractivity contribution in [1.82, 2.24) is 0 Å². The summed E-state index contributed by atoms with van der Waals surface area (Å²) in [5.74, 6) is 0. The van der Waals surface area contributed by atoms with Crippen LogP contribution in [0.1, 0.15) is 119 Å². The van der Waals surface area contributed by atoms with Gasteiger partial charge < -0.3 is 4.74 Å². The predicted octanol–water partition coefficient (Wildman–Crippen LogP) is 7.28. The maximum absolute atomic E-state index is 6.44.